The van der Waals surface area contributed by atoms with Crippen LogP contribution in [0.3, 0.4) is 0 Å². The lowest BCUT2D eigenvalue weighted by Crippen LogP contribution is -2.42. The molecule has 0 bridgehead atoms. The fourth-order valence-corrected chi connectivity index (χ4v) is 3.34. The molecule has 27 heavy (non-hydrogen) atoms. The largest absolute Gasteiger partial charge is 0.446 e. The lowest BCUT2D eigenvalue weighted by Gasteiger charge is -2.24. The Morgan fingerprint density at radius 3 is 2.41 bits per heavy atom. The van der Waals surface area contributed by atoms with Crippen molar-refractivity contribution in [2.75, 3.05) is 0 Å². The van der Waals surface area contributed by atoms with Crippen LogP contribution in [0, 0.1) is 6.92 Å². The Morgan fingerprint density at radius 1 is 1.04 bits per heavy atom. The highest BCUT2D eigenvalue weighted by atomic mass is 16.6. The van der Waals surface area contributed by atoms with E-state index in [-0.39, 0.29) is 17.7 Å². The molecular weight excluding hydrogens is 336 g/mol. The van der Waals surface area contributed by atoms with Gasteiger partial charge in [-0.2, -0.15) is 0 Å². The van der Waals surface area contributed by atoms with Gasteiger partial charge in [0.05, 0.1) is 0 Å². The molecular formula is C23H28N2O2. The highest BCUT2D eigenvalue weighted by molar-refractivity contribution is 5.84. The lowest BCUT2D eigenvalue weighted by molar-refractivity contribution is 0.0912. The lowest BCUT2D eigenvalue weighted by atomic mass is 9.99. The highest BCUT2D eigenvalue weighted by Crippen LogP contribution is 2.25. The van der Waals surface area contributed by atoms with Crippen LogP contribution in [0.5, 0.6) is 0 Å². The molecule has 142 valence electrons. The number of hydrogen-bond donors (Lipinski definition) is 2. The van der Waals surface area contributed by atoms with Gasteiger partial charge in [0.1, 0.15) is 6.10 Å². The Morgan fingerprint density at radius 2 is 1.70 bits per heavy atom. The topological polar surface area (TPSA) is 54.1 Å². The van der Waals surface area contributed by atoms with Crippen LogP contribution in [0.25, 0.3) is 10.9 Å². The van der Waals surface area contributed by atoms with Gasteiger partial charge in [0.2, 0.25) is 0 Å². The Bertz CT molecular complexity index is 907. The van der Waals surface area contributed by atoms with Crippen LogP contribution in [0.15, 0.2) is 54.6 Å². The Balaban J connectivity index is 1.84. The number of para-hydroxylation sites is 1. The normalized spacial score (nSPS) is 12.7. The monoisotopic (exact) mass is 364 g/mol. The Labute approximate surface area is 160 Å². The summed E-state index contributed by atoms with van der Waals surface area (Å²) in [5.74, 6) is 0. The van der Waals surface area contributed by atoms with Crippen molar-refractivity contribution in [3.8, 4) is 0 Å². The van der Waals surface area contributed by atoms with Crippen molar-refractivity contribution in [2.24, 2.45) is 0 Å². The molecule has 1 aromatic heterocycles. The first kappa shape index (κ1) is 19.0. The molecule has 0 fully saturated rings. The minimum atomic E-state index is -0.374. The number of ether oxygens (including phenoxy) is 1. The van der Waals surface area contributed by atoms with Crippen molar-refractivity contribution in [1.29, 1.82) is 0 Å². The van der Waals surface area contributed by atoms with Gasteiger partial charge in [-0.3, -0.25) is 0 Å². The van der Waals surface area contributed by atoms with Gasteiger partial charge in [-0.25, -0.2) is 4.79 Å². The van der Waals surface area contributed by atoms with Crippen LogP contribution in [0.2, 0.25) is 0 Å². The van der Waals surface area contributed by atoms with Gasteiger partial charge in [-0.1, -0.05) is 48.5 Å². The maximum atomic E-state index is 12.4. The average molecular weight is 364 g/mol. The fourth-order valence-electron chi connectivity index (χ4n) is 3.34. The van der Waals surface area contributed by atoms with E-state index in [2.05, 4.69) is 41.5 Å². The summed E-state index contributed by atoms with van der Waals surface area (Å²) in [5.41, 5.74) is 4.26. The molecule has 0 spiro atoms. The van der Waals surface area contributed by atoms with Gasteiger partial charge in [0, 0.05) is 35.0 Å². The molecule has 1 amide bonds. The number of amides is 1. The predicted molar refractivity (Wildman–Crippen MR) is 110 cm³/mol. The van der Waals surface area contributed by atoms with E-state index in [0.29, 0.717) is 12.8 Å². The summed E-state index contributed by atoms with van der Waals surface area (Å²) in [7, 11) is 0. The number of carbonyl (C=O) groups is 1. The molecule has 0 aliphatic heterocycles. The van der Waals surface area contributed by atoms with E-state index in [1.54, 1.807) is 0 Å². The first-order chi connectivity index (χ1) is 12.8. The van der Waals surface area contributed by atoms with Gasteiger partial charge in [-0.05, 0) is 44.9 Å². The molecule has 3 rings (SSSR count). The second-order valence-corrected chi connectivity index (χ2v) is 8.07. The van der Waals surface area contributed by atoms with E-state index < -0.39 is 0 Å². The van der Waals surface area contributed by atoms with Crippen molar-refractivity contribution in [3.63, 3.8) is 0 Å². The molecule has 0 saturated carbocycles. The second-order valence-electron chi connectivity index (χ2n) is 8.07. The van der Waals surface area contributed by atoms with Gasteiger partial charge >= 0.3 is 6.09 Å². The average Bonchev–Trinajstić information content (AvgIpc) is 2.90. The van der Waals surface area contributed by atoms with Crippen LogP contribution in [0.1, 0.15) is 37.6 Å². The maximum absolute atomic E-state index is 12.4. The van der Waals surface area contributed by atoms with E-state index in [9.17, 15) is 4.79 Å². The summed E-state index contributed by atoms with van der Waals surface area (Å²) in [4.78, 5) is 15.8. The number of aromatic nitrogens is 1. The number of aryl methyl sites for hydroxylation is 1. The number of H-pyrrole nitrogens is 1. The molecule has 1 atom stereocenters. The summed E-state index contributed by atoms with van der Waals surface area (Å²) >= 11 is 0. The Kier molecular flexibility index (Phi) is 5.54. The third-order valence-electron chi connectivity index (χ3n) is 4.52. The van der Waals surface area contributed by atoms with Gasteiger partial charge < -0.3 is 15.0 Å². The summed E-state index contributed by atoms with van der Waals surface area (Å²) < 4.78 is 5.84. The van der Waals surface area contributed by atoms with Crippen molar-refractivity contribution in [3.05, 3.63) is 71.4 Å². The molecule has 2 N–H and O–H groups in total. The molecule has 4 heteroatoms. The number of rotatable bonds is 5. The smallest absolute Gasteiger partial charge is 0.407 e. The van der Waals surface area contributed by atoms with Gasteiger partial charge in [-0.15, -0.1) is 0 Å². The first-order valence-electron chi connectivity index (χ1n) is 9.41. The standard InChI is InChI=1S/C23H28N2O2/c1-16-20(19-12-8-9-13-21(19)24-16)15-18(14-17-10-6-5-7-11-17)27-22(26)25-23(2,3)4/h5-13,18,24H,14-15H2,1-4H3,(H,25,26)/t18-/m1/s1. The van der Waals surface area contributed by atoms with Gasteiger partial charge in [0.25, 0.3) is 0 Å². The zero-order valence-corrected chi connectivity index (χ0v) is 16.5. The molecule has 0 unspecified atom stereocenters. The van der Waals surface area contributed by atoms with Crippen LogP contribution in [-0.2, 0) is 17.6 Å². The molecule has 3 aromatic rings. The molecule has 0 aliphatic carbocycles. The summed E-state index contributed by atoms with van der Waals surface area (Å²) in [6.07, 6.45) is 0.730. The minimum absolute atomic E-state index is 0.243. The van der Waals surface area contributed by atoms with Crippen LogP contribution >= 0.6 is 0 Å². The van der Waals surface area contributed by atoms with E-state index in [4.69, 9.17) is 4.74 Å². The van der Waals surface area contributed by atoms with Crippen molar-refractivity contribution in [2.45, 2.75) is 52.2 Å². The number of benzene rings is 2. The Hall–Kier alpha value is -2.75. The molecule has 0 radical (unpaired) electrons. The van der Waals surface area contributed by atoms with Crippen molar-refractivity contribution < 1.29 is 9.53 Å². The van der Waals surface area contributed by atoms with Crippen LogP contribution in [-0.4, -0.2) is 22.7 Å². The third-order valence-corrected chi connectivity index (χ3v) is 4.52. The summed E-state index contributed by atoms with van der Waals surface area (Å²) in [6, 6.07) is 18.4. The SMILES string of the molecule is Cc1[nH]c2ccccc2c1C[C@@H](Cc1ccccc1)OC(=O)NC(C)(C)C. The van der Waals surface area contributed by atoms with E-state index >= 15 is 0 Å². The van der Waals surface area contributed by atoms with E-state index in [0.717, 1.165) is 16.8 Å². The van der Waals surface area contributed by atoms with Crippen LogP contribution < -0.4 is 5.32 Å². The number of aromatic amines is 1. The molecule has 0 saturated heterocycles. The van der Waals surface area contributed by atoms with Gasteiger partial charge in [0.15, 0.2) is 0 Å². The number of alkyl carbamates (subject to hydrolysis) is 1. The second kappa shape index (κ2) is 7.87. The molecule has 1 heterocycles. The maximum Gasteiger partial charge on any atom is 0.407 e. The third kappa shape index (κ3) is 5.13. The highest BCUT2D eigenvalue weighted by Gasteiger charge is 2.22. The van der Waals surface area contributed by atoms with Crippen molar-refractivity contribution in [1.82, 2.24) is 10.3 Å². The summed E-state index contributed by atoms with van der Waals surface area (Å²) in [6.45, 7) is 7.92. The first-order valence-corrected chi connectivity index (χ1v) is 9.41. The minimum Gasteiger partial charge on any atom is -0.446 e. The number of hydrogen-bond acceptors (Lipinski definition) is 2. The molecule has 0 aliphatic rings. The molecule has 4 nitrogen and oxygen atoms in total. The zero-order valence-electron chi connectivity index (χ0n) is 16.5. The van der Waals surface area contributed by atoms with E-state index in [1.165, 1.54) is 10.9 Å². The number of carbonyl (C=O) groups excluding carboxylic acids is 1. The summed E-state index contributed by atoms with van der Waals surface area (Å²) in [5, 5.41) is 4.09. The quantitative estimate of drug-likeness (QED) is 0.657. The van der Waals surface area contributed by atoms with E-state index in [1.807, 2.05) is 51.1 Å². The zero-order chi connectivity index (χ0) is 19.4. The van der Waals surface area contributed by atoms with Crippen LogP contribution in [0.4, 0.5) is 4.79 Å². The molecule has 2 aromatic carbocycles. The predicted octanol–water partition coefficient (Wildman–Crippen LogP) is 5.15. The number of fused-ring (bicyclic) bond motifs is 1. The number of nitrogens with one attached hydrogen (secondary N) is 2. The fraction of sp³-hybridized carbons (Fsp3) is 0.348. The van der Waals surface area contributed by atoms with Crippen molar-refractivity contribution >= 4 is 17.0 Å².